The summed E-state index contributed by atoms with van der Waals surface area (Å²) in [6, 6.07) is 0.415. The minimum atomic E-state index is 0.111. The molecule has 0 bridgehead atoms. The summed E-state index contributed by atoms with van der Waals surface area (Å²) in [5.74, 6) is 0.973. The molecule has 0 radical (unpaired) electrons. The molecular weight excluding hydrogens is 264 g/mol. The van der Waals surface area contributed by atoms with Crippen LogP contribution < -0.4 is 5.32 Å². The van der Waals surface area contributed by atoms with E-state index in [1.807, 2.05) is 24.0 Å². The summed E-state index contributed by atoms with van der Waals surface area (Å²) in [7, 11) is 0. The van der Waals surface area contributed by atoms with Crippen molar-refractivity contribution < 1.29 is 0 Å². The molecule has 1 atom stereocenters. The zero-order chi connectivity index (χ0) is 15.2. The Kier molecular flexibility index (Phi) is 5.38. The fraction of sp³-hybridized carbons (Fsp3) is 0.600. The lowest BCUT2D eigenvalue weighted by molar-refractivity contribution is 0.457. The molecule has 6 nitrogen and oxygen atoms in total. The van der Waals surface area contributed by atoms with Crippen LogP contribution in [0.4, 0.5) is 0 Å². The molecule has 21 heavy (non-hydrogen) atoms. The molecule has 2 heterocycles. The topological polar surface area (TPSA) is 68.5 Å². The van der Waals surface area contributed by atoms with Crippen LogP contribution in [0.3, 0.4) is 0 Å². The Morgan fingerprint density at radius 3 is 2.62 bits per heavy atom. The second-order valence-electron chi connectivity index (χ2n) is 5.51. The first-order valence-corrected chi connectivity index (χ1v) is 7.52. The number of hydrogen-bond donors (Lipinski definition) is 1. The third kappa shape index (κ3) is 4.07. The van der Waals surface area contributed by atoms with Gasteiger partial charge >= 0.3 is 0 Å². The first kappa shape index (κ1) is 15.6. The number of hydrogen-bond acceptors (Lipinski definition) is 5. The van der Waals surface area contributed by atoms with E-state index in [0.29, 0.717) is 6.04 Å². The smallest absolute Gasteiger partial charge is 0.138 e. The van der Waals surface area contributed by atoms with Gasteiger partial charge in [-0.25, -0.2) is 9.67 Å². The number of nitrogens with zero attached hydrogens (tertiary/aromatic N) is 5. The molecule has 0 saturated heterocycles. The van der Waals surface area contributed by atoms with Crippen molar-refractivity contribution >= 4 is 0 Å². The van der Waals surface area contributed by atoms with Gasteiger partial charge in [0.25, 0.3) is 0 Å². The van der Waals surface area contributed by atoms with Gasteiger partial charge in [-0.2, -0.15) is 5.10 Å². The number of rotatable bonds is 7. The highest BCUT2D eigenvalue weighted by Crippen LogP contribution is 2.16. The van der Waals surface area contributed by atoms with Gasteiger partial charge in [-0.15, -0.1) is 0 Å². The Hall–Kier alpha value is -1.82. The second-order valence-corrected chi connectivity index (χ2v) is 5.51. The third-order valence-corrected chi connectivity index (χ3v) is 3.32. The molecule has 0 amide bonds. The molecule has 1 N–H and O–H groups in total. The molecule has 0 fully saturated rings. The molecule has 114 valence electrons. The van der Waals surface area contributed by atoms with Crippen LogP contribution in [0, 0.1) is 6.92 Å². The van der Waals surface area contributed by atoms with E-state index in [4.69, 9.17) is 0 Å². The molecule has 0 aliphatic heterocycles. The summed E-state index contributed by atoms with van der Waals surface area (Å²) in [5, 5.41) is 7.82. The van der Waals surface area contributed by atoms with E-state index >= 15 is 0 Å². The van der Waals surface area contributed by atoms with Gasteiger partial charge in [0.05, 0.1) is 23.6 Å². The molecule has 0 spiro atoms. The van der Waals surface area contributed by atoms with Crippen molar-refractivity contribution in [3.63, 3.8) is 0 Å². The van der Waals surface area contributed by atoms with Crippen molar-refractivity contribution in [2.45, 2.75) is 52.6 Å². The van der Waals surface area contributed by atoms with E-state index in [2.05, 4.69) is 46.1 Å². The molecule has 0 saturated carbocycles. The van der Waals surface area contributed by atoms with Gasteiger partial charge in [0, 0.05) is 18.7 Å². The van der Waals surface area contributed by atoms with Gasteiger partial charge in [0.2, 0.25) is 0 Å². The molecule has 0 aliphatic rings. The predicted octanol–water partition coefficient (Wildman–Crippen LogP) is 2.24. The molecule has 2 aromatic rings. The van der Waals surface area contributed by atoms with Crippen LogP contribution in [0.15, 0.2) is 18.7 Å². The number of aryl methyl sites for hydroxylation is 1. The average Bonchev–Trinajstić information content (AvgIpc) is 2.93. The normalized spacial score (nSPS) is 12.8. The number of nitrogens with one attached hydrogen (secondary N) is 1. The van der Waals surface area contributed by atoms with Crippen LogP contribution in [0.25, 0.3) is 0 Å². The zero-order valence-corrected chi connectivity index (χ0v) is 13.2. The third-order valence-electron chi connectivity index (χ3n) is 3.32. The lowest BCUT2D eigenvalue weighted by Crippen LogP contribution is -2.26. The molecule has 0 aromatic carbocycles. The highest BCUT2D eigenvalue weighted by molar-refractivity contribution is 5.08. The molecular formula is C15H24N6. The molecule has 6 heteroatoms. The van der Waals surface area contributed by atoms with Crippen LogP contribution in [-0.4, -0.2) is 31.3 Å². The van der Waals surface area contributed by atoms with Crippen LogP contribution in [0.2, 0.25) is 0 Å². The van der Waals surface area contributed by atoms with E-state index in [-0.39, 0.29) is 6.04 Å². The SMILES string of the molecule is CCCNC(Cc1ncnn1C(C)C)c1cnc(C)cn1. The minimum absolute atomic E-state index is 0.111. The van der Waals surface area contributed by atoms with Gasteiger partial charge < -0.3 is 5.32 Å². The maximum Gasteiger partial charge on any atom is 0.138 e. The van der Waals surface area contributed by atoms with E-state index < -0.39 is 0 Å². The number of aromatic nitrogens is 5. The van der Waals surface area contributed by atoms with Gasteiger partial charge in [-0.05, 0) is 33.7 Å². The summed E-state index contributed by atoms with van der Waals surface area (Å²) in [6.07, 6.45) is 7.11. The summed E-state index contributed by atoms with van der Waals surface area (Å²) >= 11 is 0. The Balaban J connectivity index is 2.19. The molecule has 2 rings (SSSR count). The predicted molar refractivity (Wildman–Crippen MR) is 81.9 cm³/mol. The maximum absolute atomic E-state index is 4.50. The Labute approximate surface area is 126 Å². The molecule has 0 aliphatic carbocycles. The van der Waals surface area contributed by atoms with Crippen molar-refractivity contribution in [2.75, 3.05) is 6.54 Å². The van der Waals surface area contributed by atoms with Gasteiger partial charge in [0.1, 0.15) is 12.2 Å². The highest BCUT2D eigenvalue weighted by Gasteiger charge is 2.18. The van der Waals surface area contributed by atoms with Crippen molar-refractivity contribution in [1.82, 2.24) is 30.0 Å². The summed E-state index contributed by atoms with van der Waals surface area (Å²) < 4.78 is 1.96. The molecule has 1 unspecified atom stereocenters. The Morgan fingerprint density at radius 1 is 1.19 bits per heavy atom. The monoisotopic (exact) mass is 288 g/mol. The van der Waals surface area contributed by atoms with Crippen LogP contribution >= 0.6 is 0 Å². The largest absolute Gasteiger partial charge is 0.308 e. The minimum Gasteiger partial charge on any atom is -0.308 e. The summed E-state index contributed by atoms with van der Waals surface area (Å²) in [6.45, 7) is 9.26. The fourth-order valence-corrected chi connectivity index (χ4v) is 2.22. The van der Waals surface area contributed by atoms with E-state index in [0.717, 1.165) is 36.6 Å². The highest BCUT2D eigenvalue weighted by atomic mass is 15.3. The van der Waals surface area contributed by atoms with Crippen molar-refractivity contribution in [2.24, 2.45) is 0 Å². The van der Waals surface area contributed by atoms with Crippen LogP contribution in [-0.2, 0) is 6.42 Å². The Morgan fingerprint density at radius 2 is 2.00 bits per heavy atom. The van der Waals surface area contributed by atoms with E-state index in [9.17, 15) is 0 Å². The summed E-state index contributed by atoms with van der Waals surface area (Å²) in [5.41, 5.74) is 1.88. The first-order chi connectivity index (χ1) is 10.1. The Bertz CT molecular complexity index is 546. The first-order valence-electron chi connectivity index (χ1n) is 7.52. The standard InChI is InChI=1S/C15H24N6/c1-5-6-16-13(14-9-17-12(4)8-18-14)7-15-19-10-20-21(15)11(2)3/h8-11,13,16H,5-7H2,1-4H3. The van der Waals surface area contributed by atoms with Crippen molar-refractivity contribution in [3.8, 4) is 0 Å². The fourth-order valence-electron chi connectivity index (χ4n) is 2.22. The quantitative estimate of drug-likeness (QED) is 0.846. The van der Waals surface area contributed by atoms with Crippen LogP contribution in [0.1, 0.15) is 56.5 Å². The maximum atomic E-state index is 4.50. The average molecular weight is 288 g/mol. The van der Waals surface area contributed by atoms with Gasteiger partial charge in [0.15, 0.2) is 0 Å². The van der Waals surface area contributed by atoms with Crippen molar-refractivity contribution in [3.05, 3.63) is 35.9 Å². The summed E-state index contributed by atoms with van der Waals surface area (Å²) in [4.78, 5) is 13.2. The van der Waals surface area contributed by atoms with Gasteiger partial charge in [-0.1, -0.05) is 6.92 Å². The second kappa shape index (κ2) is 7.26. The van der Waals surface area contributed by atoms with E-state index in [1.54, 1.807) is 6.33 Å². The van der Waals surface area contributed by atoms with Crippen molar-refractivity contribution in [1.29, 1.82) is 0 Å². The lowest BCUT2D eigenvalue weighted by atomic mass is 10.1. The molecule has 2 aromatic heterocycles. The van der Waals surface area contributed by atoms with Crippen LogP contribution in [0.5, 0.6) is 0 Å². The lowest BCUT2D eigenvalue weighted by Gasteiger charge is -2.18. The zero-order valence-electron chi connectivity index (χ0n) is 13.2. The van der Waals surface area contributed by atoms with E-state index in [1.165, 1.54) is 0 Å². The van der Waals surface area contributed by atoms with Gasteiger partial charge in [-0.3, -0.25) is 9.97 Å².